The monoisotopic (exact) mass is 674 g/mol. The first-order chi connectivity index (χ1) is 26.3. The second kappa shape index (κ2) is 10.7. The molecule has 3 heteroatoms. The summed E-state index contributed by atoms with van der Waals surface area (Å²) in [6, 6.07) is 66.0. The van der Waals surface area contributed by atoms with Crippen LogP contribution >= 0.6 is 0 Å². The number of furan rings is 1. The summed E-state index contributed by atoms with van der Waals surface area (Å²) in [6.45, 7) is 0. The molecule has 9 aromatic carbocycles. The summed E-state index contributed by atoms with van der Waals surface area (Å²) < 4.78 is 8.88. The predicted octanol–water partition coefficient (Wildman–Crippen LogP) is 14.1. The number of anilines is 3. The Bertz CT molecular complexity index is 3290. The van der Waals surface area contributed by atoms with Crippen LogP contribution < -0.4 is 4.90 Å². The highest BCUT2D eigenvalue weighted by molar-refractivity contribution is 6.26. The van der Waals surface area contributed by atoms with Gasteiger partial charge in [-0.3, -0.25) is 0 Å². The molecule has 0 unspecified atom stereocenters. The van der Waals surface area contributed by atoms with Crippen LogP contribution in [0.15, 0.2) is 186 Å². The van der Waals surface area contributed by atoms with Crippen LogP contribution in [0.4, 0.5) is 17.1 Å². The van der Waals surface area contributed by atoms with Crippen LogP contribution in [0.5, 0.6) is 0 Å². The average Bonchev–Trinajstić information content (AvgIpc) is 3.87. The van der Waals surface area contributed by atoms with Crippen molar-refractivity contribution >= 4 is 82.4 Å². The van der Waals surface area contributed by atoms with Crippen molar-refractivity contribution in [3.63, 3.8) is 0 Å². The molecule has 12 rings (SSSR count). The van der Waals surface area contributed by atoms with Crippen LogP contribution in [-0.2, 0) is 0 Å². The lowest BCUT2D eigenvalue weighted by atomic mass is 9.96. The van der Waals surface area contributed by atoms with Gasteiger partial charge >= 0.3 is 0 Å². The van der Waals surface area contributed by atoms with Crippen molar-refractivity contribution < 1.29 is 4.42 Å². The average molecular weight is 675 g/mol. The Morgan fingerprint density at radius 3 is 2.00 bits per heavy atom. The Hall–Kier alpha value is -7.10. The predicted molar refractivity (Wildman–Crippen MR) is 222 cm³/mol. The lowest BCUT2D eigenvalue weighted by Crippen LogP contribution is -2.11. The third-order valence-electron chi connectivity index (χ3n) is 11.3. The van der Waals surface area contributed by atoms with Crippen molar-refractivity contribution in [1.82, 2.24) is 4.57 Å². The second-order valence-electron chi connectivity index (χ2n) is 14.1. The fraction of sp³-hybridized carbons (Fsp3) is 0. The summed E-state index contributed by atoms with van der Waals surface area (Å²) in [6.07, 6.45) is 0. The van der Waals surface area contributed by atoms with E-state index in [4.69, 9.17) is 4.42 Å². The summed E-state index contributed by atoms with van der Waals surface area (Å²) in [4.78, 5) is 2.44. The highest BCUT2D eigenvalue weighted by Crippen LogP contribution is 2.55. The van der Waals surface area contributed by atoms with Crippen LogP contribution in [0.1, 0.15) is 0 Å². The molecule has 0 saturated heterocycles. The number of hydrogen-bond donors (Lipinski definition) is 0. The highest BCUT2D eigenvalue weighted by atomic mass is 16.3. The van der Waals surface area contributed by atoms with Crippen LogP contribution in [0.2, 0.25) is 0 Å². The number of hydrogen-bond acceptors (Lipinski definition) is 2. The van der Waals surface area contributed by atoms with Crippen LogP contribution in [-0.4, -0.2) is 4.57 Å². The van der Waals surface area contributed by atoms with E-state index in [1.807, 2.05) is 6.07 Å². The normalized spacial score (nSPS) is 12.2. The quantitative estimate of drug-likeness (QED) is 0.173. The van der Waals surface area contributed by atoms with Gasteiger partial charge in [0.15, 0.2) is 0 Å². The topological polar surface area (TPSA) is 21.3 Å². The Balaban J connectivity index is 1.16. The zero-order valence-electron chi connectivity index (χ0n) is 28.6. The van der Waals surface area contributed by atoms with Gasteiger partial charge in [0.05, 0.1) is 16.7 Å². The summed E-state index contributed by atoms with van der Waals surface area (Å²) in [7, 11) is 0. The van der Waals surface area contributed by atoms with Gasteiger partial charge in [0.25, 0.3) is 0 Å². The number of nitrogens with zero attached hydrogens (tertiary/aromatic N) is 2. The summed E-state index contributed by atoms with van der Waals surface area (Å²) >= 11 is 0. The van der Waals surface area contributed by atoms with Crippen molar-refractivity contribution in [1.29, 1.82) is 0 Å². The van der Waals surface area contributed by atoms with Gasteiger partial charge in [0, 0.05) is 50.2 Å². The number of fused-ring (bicyclic) bond motifs is 11. The maximum atomic E-state index is 6.50. The zero-order chi connectivity index (χ0) is 34.6. The molecular formula is C50H30N2O. The number of para-hydroxylation sites is 3. The van der Waals surface area contributed by atoms with E-state index in [0.717, 1.165) is 44.7 Å². The van der Waals surface area contributed by atoms with E-state index in [1.165, 1.54) is 65.6 Å². The molecule has 2 aromatic heterocycles. The van der Waals surface area contributed by atoms with Crippen molar-refractivity contribution in [3.8, 4) is 27.9 Å². The van der Waals surface area contributed by atoms with Gasteiger partial charge < -0.3 is 13.9 Å². The Labute approximate surface area is 305 Å². The zero-order valence-corrected chi connectivity index (χ0v) is 28.6. The molecule has 0 saturated carbocycles. The maximum Gasteiger partial charge on any atom is 0.137 e. The molecule has 1 aliphatic carbocycles. The Morgan fingerprint density at radius 1 is 0.396 bits per heavy atom. The van der Waals surface area contributed by atoms with Crippen molar-refractivity contribution in [2.45, 2.75) is 0 Å². The Kier molecular flexibility index (Phi) is 5.77. The van der Waals surface area contributed by atoms with Gasteiger partial charge in [-0.2, -0.15) is 0 Å². The first kappa shape index (κ1) is 28.6. The molecule has 0 bridgehead atoms. The van der Waals surface area contributed by atoms with Crippen LogP contribution in [0.25, 0.3) is 93.2 Å². The van der Waals surface area contributed by atoms with E-state index in [0.29, 0.717) is 0 Å². The number of benzene rings is 9. The summed E-state index contributed by atoms with van der Waals surface area (Å²) in [5, 5.41) is 9.82. The largest absolute Gasteiger partial charge is 0.456 e. The SMILES string of the molecule is c1ccc(-n2c3ccccc3c3cc(N(c4ccc5c(c4)oc4ccccc45)c4cccc5c4-c4cccc6cc7ccccc7c-5c46)ccc32)cc1. The minimum absolute atomic E-state index is 0.874. The van der Waals surface area contributed by atoms with E-state index in [2.05, 4.69) is 185 Å². The first-order valence-corrected chi connectivity index (χ1v) is 18.2. The van der Waals surface area contributed by atoms with E-state index >= 15 is 0 Å². The molecular weight excluding hydrogens is 645 g/mol. The third-order valence-corrected chi connectivity index (χ3v) is 11.3. The van der Waals surface area contributed by atoms with Gasteiger partial charge in [0.1, 0.15) is 11.2 Å². The van der Waals surface area contributed by atoms with Crippen molar-refractivity contribution in [2.24, 2.45) is 0 Å². The fourth-order valence-corrected chi connectivity index (χ4v) is 9.06. The summed E-state index contributed by atoms with van der Waals surface area (Å²) in [5.74, 6) is 0. The van der Waals surface area contributed by atoms with E-state index in [-0.39, 0.29) is 0 Å². The number of rotatable bonds is 4. The van der Waals surface area contributed by atoms with E-state index < -0.39 is 0 Å². The van der Waals surface area contributed by atoms with Crippen LogP contribution in [0, 0.1) is 0 Å². The standard InChI is InChI=1S/C50H30N2O/c1-2-14-33(15-3-1)52-43-21-8-6-17-37(43)42-29-34(25-27-44(42)52)51(35-24-26-39-38-18-7-9-23-46(38)53-47(39)30-35)45-22-11-20-41-49(45)40-19-10-13-32-28-31-12-4-5-16-36(31)50(41)48(32)40/h1-30H. The molecule has 11 aromatic rings. The van der Waals surface area contributed by atoms with Gasteiger partial charge in [0.2, 0.25) is 0 Å². The number of aromatic nitrogens is 1. The lowest BCUT2D eigenvalue weighted by Gasteiger charge is -2.28. The molecule has 0 aliphatic heterocycles. The van der Waals surface area contributed by atoms with E-state index in [9.17, 15) is 0 Å². The molecule has 0 fully saturated rings. The Morgan fingerprint density at radius 2 is 1.08 bits per heavy atom. The first-order valence-electron chi connectivity index (χ1n) is 18.2. The third kappa shape index (κ3) is 3.99. The molecule has 0 spiro atoms. The van der Waals surface area contributed by atoms with Crippen molar-refractivity contribution in [2.75, 3.05) is 4.90 Å². The molecule has 3 nitrogen and oxygen atoms in total. The minimum Gasteiger partial charge on any atom is -0.456 e. The second-order valence-corrected chi connectivity index (χ2v) is 14.1. The van der Waals surface area contributed by atoms with Gasteiger partial charge in [-0.05, 0) is 105 Å². The smallest absolute Gasteiger partial charge is 0.137 e. The minimum atomic E-state index is 0.874. The highest BCUT2D eigenvalue weighted by Gasteiger charge is 2.29. The fourth-order valence-electron chi connectivity index (χ4n) is 9.06. The molecule has 1 aliphatic rings. The molecule has 0 atom stereocenters. The molecule has 0 radical (unpaired) electrons. The van der Waals surface area contributed by atoms with Crippen LogP contribution in [0.3, 0.4) is 0 Å². The van der Waals surface area contributed by atoms with E-state index in [1.54, 1.807) is 0 Å². The molecule has 0 N–H and O–H groups in total. The van der Waals surface area contributed by atoms with Gasteiger partial charge in [-0.15, -0.1) is 0 Å². The van der Waals surface area contributed by atoms with Gasteiger partial charge in [-0.1, -0.05) is 109 Å². The molecule has 246 valence electrons. The lowest BCUT2D eigenvalue weighted by molar-refractivity contribution is 0.669. The molecule has 2 heterocycles. The summed E-state index contributed by atoms with van der Waals surface area (Å²) in [5.41, 5.74) is 13.7. The van der Waals surface area contributed by atoms with Crippen molar-refractivity contribution in [3.05, 3.63) is 182 Å². The van der Waals surface area contributed by atoms with Gasteiger partial charge in [-0.25, -0.2) is 0 Å². The maximum absolute atomic E-state index is 6.50. The molecule has 53 heavy (non-hydrogen) atoms. The molecule has 0 amide bonds.